The molecule has 35 heavy (non-hydrogen) atoms. The Morgan fingerprint density at radius 2 is 1.31 bits per heavy atom. The number of benzene rings is 2. The van der Waals surface area contributed by atoms with E-state index in [1.165, 1.54) is 43.2 Å². The van der Waals surface area contributed by atoms with Gasteiger partial charge in [0.2, 0.25) is 0 Å². The molecule has 0 amide bonds. The van der Waals surface area contributed by atoms with E-state index in [0.29, 0.717) is 52.9 Å². The normalized spacial score (nSPS) is 29.5. The molecule has 6 atom stereocenters. The van der Waals surface area contributed by atoms with Gasteiger partial charge in [0.1, 0.15) is 0 Å². The zero-order chi connectivity index (χ0) is 25.3. The summed E-state index contributed by atoms with van der Waals surface area (Å²) in [7, 11) is 0. The van der Waals surface area contributed by atoms with Crippen molar-refractivity contribution in [2.75, 3.05) is 0 Å². The molecule has 0 radical (unpaired) electrons. The summed E-state index contributed by atoms with van der Waals surface area (Å²) in [4.78, 5) is 13.1. The van der Waals surface area contributed by atoms with E-state index in [2.05, 4.69) is 65.8 Å². The van der Waals surface area contributed by atoms with Gasteiger partial charge in [-0.3, -0.25) is 0 Å². The summed E-state index contributed by atoms with van der Waals surface area (Å²) in [5.41, 5.74) is 5.03. The average Bonchev–Trinajstić information content (AvgIpc) is 2.83. The monoisotopic (exact) mass is 474 g/mol. The van der Waals surface area contributed by atoms with Crippen LogP contribution in [0, 0.1) is 35.5 Å². The van der Waals surface area contributed by atoms with Crippen molar-refractivity contribution in [1.29, 1.82) is 0 Å². The Morgan fingerprint density at radius 3 is 1.86 bits per heavy atom. The molecule has 2 nitrogen and oxygen atoms in total. The first-order valence-electron chi connectivity index (χ1n) is 14.1. The highest BCUT2D eigenvalue weighted by Crippen LogP contribution is 2.52. The van der Waals surface area contributed by atoms with Crippen molar-refractivity contribution in [2.24, 2.45) is 35.5 Å². The minimum Gasteiger partial charge on any atom is -0.478 e. The molecule has 0 heterocycles. The summed E-state index contributed by atoms with van der Waals surface area (Å²) in [5.74, 6) is 3.64. The quantitative estimate of drug-likeness (QED) is 0.453. The van der Waals surface area contributed by atoms with Gasteiger partial charge in [0.15, 0.2) is 0 Å². The minimum absolute atomic E-state index is 0.313. The van der Waals surface area contributed by atoms with E-state index in [9.17, 15) is 9.90 Å². The number of carboxylic acids is 1. The van der Waals surface area contributed by atoms with Crippen molar-refractivity contribution in [3.8, 4) is 11.1 Å². The van der Waals surface area contributed by atoms with Crippen LogP contribution in [0.25, 0.3) is 11.1 Å². The van der Waals surface area contributed by atoms with E-state index in [1.54, 1.807) is 0 Å². The zero-order valence-corrected chi connectivity index (χ0v) is 22.8. The number of aromatic carboxylic acids is 1. The maximum atomic E-state index is 13.1. The second-order valence-electron chi connectivity index (χ2n) is 12.5. The fourth-order valence-corrected chi connectivity index (χ4v) is 7.54. The summed E-state index contributed by atoms with van der Waals surface area (Å²) in [6, 6.07) is 14.7. The van der Waals surface area contributed by atoms with Gasteiger partial charge < -0.3 is 5.11 Å². The van der Waals surface area contributed by atoms with Crippen LogP contribution in [0.4, 0.5) is 0 Å². The fourth-order valence-electron chi connectivity index (χ4n) is 7.54. The second-order valence-corrected chi connectivity index (χ2v) is 12.5. The first-order valence-corrected chi connectivity index (χ1v) is 14.1. The Balaban J connectivity index is 1.99. The van der Waals surface area contributed by atoms with Crippen LogP contribution in [-0.4, -0.2) is 11.1 Å². The highest BCUT2D eigenvalue weighted by molar-refractivity contribution is 5.98. The van der Waals surface area contributed by atoms with Gasteiger partial charge in [-0.1, -0.05) is 96.8 Å². The summed E-state index contributed by atoms with van der Waals surface area (Å²) in [6.45, 7) is 14.2. The molecule has 2 fully saturated rings. The number of rotatable bonds is 6. The summed E-state index contributed by atoms with van der Waals surface area (Å²) >= 11 is 0. The third-order valence-corrected chi connectivity index (χ3v) is 9.39. The lowest BCUT2D eigenvalue weighted by Gasteiger charge is -2.43. The number of hydrogen-bond acceptors (Lipinski definition) is 1. The summed E-state index contributed by atoms with van der Waals surface area (Å²) < 4.78 is 0. The van der Waals surface area contributed by atoms with Gasteiger partial charge in [-0.2, -0.15) is 0 Å². The zero-order valence-electron chi connectivity index (χ0n) is 22.8. The van der Waals surface area contributed by atoms with Crippen LogP contribution in [0.1, 0.15) is 113 Å². The molecular formula is C33H46O2. The van der Waals surface area contributed by atoms with Crippen LogP contribution in [0.2, 0.25) is 0 Å². The maximum absolute atomic E-state index is 13.1. The molecular weight excluding hydrogens is 428 g/mol. The molecule has 2 heteroatoms. The van der Waals surface area contributed by atoms with E-state index in [0.717, 1.165) is 17.5 Å². The van der Waals surface area contributed by atoms with Crippen LogP contribution in [-0.2, 0) is 0 Å². The summed E-state index contributed by atoms with van der Waals surface area (Å²) in [6.07, 6.45) is 7.27. The largest absolute Gasteiger partial charge is 0.478 e. The van der Waals surface area contributed by atoms with Gasteiger partial charge in [-0.15, -0.1) is 0 Å². The molecule has 2 aliphatic carbocycles. The molecule has 190 valence electrons. The third kappa shape index (κ3) is 5.37. The predicted molar refractivity (Wildman–Crippen MR) is 147 cm³/mol. The average molecular weight is 475 g/mol. The molecule has 2 aromatic rings. The van der Waals surface area contributed by atoms with Crippen molar-refractivity contribution in [1.82, 2.24) is 0 Å². The number of carboxylic acid groups (broad SMARTS) is 1. The van der Waals surface area contributed by atoms with Crippen molar-refractivity contribution >= 4 is 5.97 Å². The molecule has 1 N–H and O–H groups in total. The Bertz CT molecular complexity index is 1010. The Kier molecular flexibility index (Phi) is 8.09. The van der Waals surface area contributed by atoms with E-state index >= 15 is 0 Å². The van der Waals surface area contributed by atoms with Crippen LogP contribution in [0.3, 0.4) is 0 Å². The highest BCUT2D eigenvalue weighted by Gasteiger charge is 2.40. The van der Waals surface area contributed by atoms with E-state index in [4.69, 9.17) is 0 Å². The minimum atomic E-state index is -0.758. The van der Waals surface area contributed by atoms with Crippen LogP contribution in [0.5, 0.6) is 0 Å². The molecule has 0 saturated heterocycles. The molecule has 6 unspecified atom stereocenters. The lowest BCUT2D eigenvalue weighted by atomic mass is 9.61. The maximum Gasteiger partial charge on any atom is 0.336 e. The molecule has 0 bridgehead atoms. The topological polar surface area (TPSA) is 37.3 Å². The number of hydrogen-bond donors (Lipinski definition) is 1. The van der Waals surface area contributed by atoms with Crippen molar-refractivity contribution in [3.63, 3.8) is 0 Å². The van der Waals surface area contributed by atoms with Crippen LogP contribution >= 0.6 is 0 Å². The van der Waals surface area contributed by atoms with Crippen LogP contribution in [0.15, 0.2) is 42.5 Å². The molecule has 2 aromatic carbocycles. The van der Waals surface area contributed by atoms with Crippen LogP contribution < -0.4 is 0 Å². The fraction of sp³-hybridized carbons (Fsp3) is 0.606. The highest BCUT2D eigenvalue weighted by atomic mass is 16.4. The van der Waals surface area contributed by atoms with E-state index < -0.39 is 5.97 Å². The van der Waals surface area contributed by atoms with Crippen molar-refractivity contribution in [3.05, 3.63) is 59.2 Å². The lowest BCUT2D eigenvalue weighted by Crippen LogP contribution is -2.32. The van der Waals surface area contributed by atoms with Gasteiger partial charge in [-0.05, 0) is 95.3 Å². The standard InChI is InChI=1S/C33H46O2/c1-20(2)25-14-12-22(5)18-29(25)28-17-16-27(24-10-8-7-9-11-24)32(33(34)35)31(28)30-19-23(6)13-15-26(30)21(3)4/h7-11,16-17,20-23,25-26,29-30H,12-15,18-19H2,1-6H3,(H,34,35). The Hall–Kier alpha value is -2.09. The lowest BCUT2D eigenvalue weighted by molar-refractivity contribution is 0.0693. The van der Waals surface area contributed by atoms with E-state index in [-0.39, 0.29) is 0 Å². The van der Waals surface area contributed by atoms with Gasteiger partial charge in [0.25, 0.3) is 0 Å². The van der Waals surface area contributed by atoms with E-state index in [1.807, 2.05) is 18.2 Å². The van der Waals surface area contributed by atoms with Gasteiger partial charge in [0, 0.05) is 0 Å². The van der Waals surface area contributed by atoms with Crippen molar-refractivity contribution < 1.29 is 9.90 Å². The predicted octanol–water partition coefficient (Wildman–Crippen LogP) is 9.40. The SMILES string of the molecule is CC1CCC(C(C)C)C(c2ccc(-c3ccccc3)c(C(=O)O)c2C2CC(C)CCC2C(C)C)C1. The number of carbonyl (C=O) groups is 1. The van der Waals surface area contributed by atoms with Gasteiger partial charge in [0.05, 0.1) is 5.56 Å². The van der Waals surface area contributed by atoms with Gasteiger partial charge in [-0.25, -0.2) is 4.79 Å². The smallest absolute Gasteiger partial charge is 0.336 e. The van der Waals surface area contributed by atoms with Gasteiger partial charge >= 0.3 is 5.97 Å². The molecule has 2 aliphatic rings. The first-order chi connectivity index (χ1) is 16.7. The molecule has 4 rings (SSSR count). The molecule has 0 aromatic heterocycles. The molecule has 0 aliphatic heterocycles. The molecule has 2 saturated carbocycles. The third-order valence-electron chi connectivity index (χ3n) is 9.39. The Morgan fingerprint density at radius 1 is 0.771 bits per heavy atom. The first kappa shape index (κ1) is 26.0. The Labute approximate surface area is 213 Å². The van der Waals surface area contributed by atoms with Crippen molar-refractivity contribution in [2.45, 2.75) is 91.9 Å². The second kappa shape index (κ2) is 10.9. The molecule has 0 spiro atoms. The summed E-state index contributed by atoms with van der Waals surface area (Å²) in [5, 5.41) is 10.8.